The Morgan fingerprint density at radius 3 is 2.69 bits per heavy atom. The lowest BCUT2D eigenvalue weighted by Crippen LogP contribution is -2.14. The van der Waals surface area contributed by atoms with Crippen LogP contribution in [0.5, 0.6) is 0 Å². The van der Waals surface area contributed by atoms with E-state index in [-0.39, 0.29) is 12.5 Å². The van der Waals surface area contributed by atoms with Crippen LogP contribution in [0.2, 0.25) is 0 Å². The van der Waals surface area contributed by atoms with Crippen molar-refractivity contribution in [2.45, 2.75) is 6.04 Å². The quantitative estimate of drug-likeness (QED) is 0.892. The molecule has 0 aliphatic carbocycles. The SMILES string of the molecule is N[C@@H](CO)c1nc(-c2ccc(Br)cc2)no1. The summed E-state index contributed by atoms with van der Waals surface area (Å²) in [5.41, 5.74) is 6.39. The van der Waals surface area contributed by atoms with E-state index in [4.69, 9.17) is 15.4 Å². The van der Waals surface area contributed by atoms with Crippen LogP contribution in [-0.2, 0) is 0 Å². The smallest absolute Gasteiger partial charge is 0.246 e. The van der Waals surface area contributed by atoms with Gasteiger partial charge in [-0.05, 0) is 24.3 Å². The summed E-state index contributed by atoms with van der Waals surface area (Å²) in [4.78, 5) is 4.10. The van der Waals surface area contributed by atoms with Crippen molar-refractivity contribution in [1.29, 1.82) is 0 Å². The third-order valence-electron chi connectivity index (χ3n) is 2.06. The molecule has 0 unspecified atom stereocenters. The number of nitrogens with zero attached hydrogens (tertiary/aromatic N) is 2. The van der Waals surface area contributed by atoms with E-state index in [0.29, 0.717) is 5.82 Å². The maximum Gasteiger partial charge on any atom is 0.246 e. The Kier molecular flexibility index (Phi) is 3.33. The molecule has 16 heavy (non-hydrogen) atoms. The van der Waals surface area contributed by atoms with Crippen molar-refractivity contribution in [2.75, 3.05) is 6.61 Å². The minimum Gasteiger partial charge on any atom is -0.394 e. The number of benzene rings is 1. The zero-order valence-electron chi connectivity index (χ0n) is 8.30. The summed E-state index contributed by atoms with van der Waals surface area (Å²) in [6.45, 7) is -0.220. The second kappa shape index (κ2) is 4.73. The number of hydrogen-bond acceptors (Lipinski definition) is 5. The first kappa shape index (κ1) is 11.3. The van der Waals surface area contributed by atoms with E-state index in [1.54, 1.807) is 0 Å². The van der Waals surface area contributed by atoms with E-state index in [0.717, 1.165) is 10.0 Å². The number of rotatable bonds is 3. The molecule has 1 aromatic carbocycles. The normalized spacial score (nSPS) is 12.7. The topological polar surface area (TPSA) is 85.2 Å². The molecule has 0 radical (unpaired) electrons. The van der Waals surface area contributed by atoms with Crippen LogP contribution in [0.4, 0.5) is 0 Å². The predicted octanol–water partition coefficient (Wildman–Crippen LogP) is 1.49. The monoisotopic (exact) mass is 283 g/mol. The van der Waals surface area contributed by atoms with E-state index in [1.165, 1.54) is 0 Å². The molecule has 0 saturated carbocycles. The van der Waals surface area contributed by atoms with E-state index in [1.807, 2.05) is 24.3 Å². The van der Waals surface area contributed by atoms with Crippen LogP contribution in [0, 0.1) is 0 Å². The standard InChI is InChI=1S/C10H10BrN3O2/c11-7-3-1-6(2-4-7)9-13-10(16-14-9)8(12)5-15/h1-4,8,15H,5,12H2/t8-/m0/s1. The minimum absolute atomic E-state index is 0.220. The van der Waals surface area contributed by atoms with Gasteiger partial charge in [-0.2, -0.15) is 4.98 Å². The summed E-state index contributed by atoms with van der Waals surface area (Å²) in [7, 11) is 0. The van der Waals surface area contributed by atoms with Crippen LogP contribution in [0.1, 0.15) is 11.9 Å². The third-order valence-corrected chi connectivity index (χ3v) is 2.59. The van der Waals surface area contributed by atoms with Gasteiger partial charge in [-0.25, -0.2) is 0 Å². The lowest BCUT2D eigenvalue weighted by atomic mass is 10.2. The van der Waals surface area contributed by atoms with Gasteiger partial charge in [0.2, 0.25) is 11.7 Å². The molecule has 0 aliphatic heterocycles. The summed E-state index contributed by atoms with van der Waals surface area (Å²) in [6, 6.07) is 6.87. The fourth-order valence-corrected chi connectivity index (χ4v) is 1.44. The molecule has 3 N–H and O–H groups in total. The molecule has 5 nitrogen and oxygen atoms in total. The minimum atomic E-state index is -0.628. The molecule has 1 heterocycles. The van der Waals surface area contributed by atoms with Crippen LogP contribution in [-0.4, -0.2) is 21.9 Å². The van der Waals surface area contributed by atoms with Crippen molar-refractivity contribution in [2.24, 2.45) is 5.73 Å². The highest BCUT2D eigenvalue weighted by atomic mass is 79.9. The Bertz CT molecular complexity index is 469. The van der Waals surface area contributed by atoms with Gasteiger partial charge in [0.15, 0.2) is 0 Å². The fraction of sp³-hybridized carbons (Fsp3) is 0.200. The maximum atomic E-state index is 8.85. The lowest BCUT2D eigenvalue weighted by Gasteiger charge is -1.98. The fourth-order valence-electron chi connectivity index (χ4n) is 1.18. The number of halogens is 1. The molecule has 0 saturated heterocycles. The van der Waals surface area contributed by atoms with E-state index < -0.39 is 6.04 Å². The molecule has 2 aromatic rings. The summed E-state index contributed by atoms with van der Waals surface area (Å²) >= 11 is 3.34. The average molecular weight is 284 g/mol. The van der Waals surface area contributed by atoms with Crippen LogP contribution < -0.4 is 5.73 Å². The number of aromatic nitrogens is 2. The van der Waals surface area contributed by atoms with Gasteiger partial charge < -0.3 is 15.4 Å². The molecule has 0 spiro atoms. The summed E-state index contributed by atoms with van der Waals surface area (Å²) in [6.07, 6.45) is 0. The van der Waals surface area contributed by atoms with E-state index >= 15 is 0 Å². The van der Waals surface area contributed by atoms with Crippen molar-refractivity contribution < 1.29 is 9.63 Å². The second-order valence-electron chi connectivity index (χ2n) is 3.25. The third kappa shape index (κ3) is 2.29. The van der Waals surface area contributed by atoms with Gasteiger partial charge in [0.25, 0.3) is 0 Å². The van der Waals surface area contributed by atoms with Crippen molar-refractivity contribution in [1.82, 2.24) is 10.1 Å². The Hall–Kier alpha value is -1.24. The van der Waals surface area contributed by atoms with Gasteiger partial charge in [-0.3, -0.25) is 0 Å². The highest BCUT2D eigenvalue weighted by Crippen LogP contribution is 2.20. The number of nitrogens with two attached hydrogens (primary N) is 1. The van der Waals surface area contributed by atoms with Crippen molar-refractivity contribution in [3.8, 4) is 11.4 Å². The largest absolute Gasteiger partial charge is 0.394 e. The molecule has 0 aliphatic rings. The van der Waals surface area contributed by atoms with Gasteiger partial charge in [-0.15, -0.1) is 0 Å². The van der Waals surface area contributed by atoms with Crippen LogP contribution in [0.3, 0.4) is 0 Å². The molecule has 1 aromatic heterocycles. The molecular formula is C10H10BrN3O2. The molecule has 1 atom stereocenters. The Morgan fingerprint density at radius 2 is 2.06 bits per heavy atom. The molecule has 2 rings (SSSR count). The predicted molar refractivity (Wildman–Crippen MR) is 61.4 cm³/mol. The average Bonchev–Trinajstić information content (AvgIpc) is 2.78. The van der Waals surface area contributed by atoms with Gasteiger partial charge in [0.05, 0.1) is 6.61 Å². The van der Waals surface area contributed by atoms with Crippen LogP contribution in [0.25, 0.3) is 11.4 Å². The van der Waals surface area contributed by atoms with Gasteiger partial charge in [-0.1, -0.05) is 21.1 Å². The molecule has 0 fully saturated rings. The van der Waals surface area contributed by atoms with Crippen molar-refractivity contribution in [3.63, 3.8) is 0 Å². The first-order chi connectivity index (χ1) is 7.70. The van der Waals surface area contributed by atoms with Gasteiger partial charge in [0, 0.05) is 10.0 Å². The Labute approximate surface area is 100 Å². The first-order valence-electron chi connectivity index (χ1n) is 4.66. The highest BCUT2D eigenvalue weighted by Gasteiger charge is 2.14. The van der Waals surface area contributed by atoms with Gasteiger partial charge in [0.1, 0.15) is 6.04 Å². The zero-order chi connectivity index (χ0) is 11.5. The summed E-state index contributed by atoms with van der Waals surface area (Å²) in [5, 5.41) is 12.6. The van der Waals surface area contributed by atoms with E-state index in [2.05, 4.69) is 26.1 Å². The zero-order valence-corrected chi connectivity index (χ0v) is 9.89. The Balaban J connectivity index is 2.28. The van der Waals surface area contributed by atoms with Gasteiger partial charge >= 0.3 is 0 Å². The van der Waals surface area contributed by atoms with Crippen LogP contribution in [0.15, 0.2) is 33.3 Å². The first-order valence-corrected chi connectivity index (χ1v) is 5.46. The number of hydrogen-bond donors (Lipinski definition) is 2. The molecule has 0 bridgehead atoms. The Morgan fingerprint density at radius 1 is 1.38 bits per heavy atom. The molecule has 84 valence electrons. The number of aliphatic hydroxyl groups excluding tert-OH is 1. The second-order valence-corrected chi connectivity index (χ2v) is 4.17. The summed E-state index contributed by atoms with van der Waals surface area (Å²) in [5.74, 6) is 0.701. The lowest BCUT2D eigenvalue weighted by molar-refractivity contribution is 0.237. The van der Waals surface area contributed by atoms with E-state index in [9.17, 15) is 0 Å². The van der Waals surface area contributed by atoms with Crippen LogP contribution >= 0.6 is 15.9 Å². The molecular weight excluding hydrogens is 274 g/mol. The molecule has 0 amide bonds. The van der Waals surface area contributed by atoms with Crippen molar-refractivity contribution >= 4 is 15.9 Å². The summed E-state index contributed by atoms with van der Waals surface area (Å²) < 4.78 is 5.92. The van der Waals surface area contributed by atoms with Crippen molar-refractivity contribution in [3.05, 3.63) is 34.6 Å². The molecule has 6 heteroatoms. The number of aliphatic hydroxyl groups is 1. The highest BCUT2D eigenvalue weighted by molar-refractivity contribution is 9.10. The maximum absolute atomic E-state index is 8.85.